The molecule has 0 aromatic rings. The van der Waals surface area contributed by atoms with Crippen molar-refractivity contribution < 1.29 is 14.4 Å². The van der Waals surface area contributed by atoms with E-state index in [2.05, 4.69) is 20.2 Å². The predicted molar refractivity (Wildman–Crippen MR) is 48.7 cm³/mol. The number of ketones is 1. The van der Waals surface area contributed by atoms with Crippen molar-refractivity contribution in [3.8, 4) is 0 Å². The molecule has 2 atom stereocenters. The molecule has 0 saturated carbocycles. The lowest BCUT2D eigenvalue weighted by Gasteiger charge is -2.32. The highest BCUT2D eigenvalue weighted by atomic mass is 16.5. The molecule has 0 radical (unpaired) electrons. The van der Waals surface area contributed by atoms with E-state index in [0.29, 0.717) is 18.6 Å². The van der Waals surface area contributed by atoms with Crippen molar-refractivity contribution in [3.63, 3.8) is 0 Å². The van der Waals surface area contributed by atoms with Crippen molar-refractivity contribution in [3.05, 3.63) is 12.2 Å². The van der Waals surface area contributed by atoms with Gasteiger partial charge in [0.15, 0.2) is 0 Å². The molecule has 0 aromatic carbocycles. The number of quaternary nitrogens is 1. The number of hydrogen-bond donors (Lipinski definition) is 1. The van der Waals surface area contributed by atoms with Crippen LogP contribution in [0.3, 0.4) is 0 Å². The number of rotatable bonds is 2. The molecular weight excluding hydrogens is 166 g/mol. The van der Waals surface area contributed by atoms with Crippen LogP contribution in [0.5, 0.6) is 0 Å². The molecule has 0 amide bonds. The minimum atomic E-state index is -0.279. The number of carbonyl (C=O) groups excluding carboxylic acids is 1. The number of likely N-dealkylation sites (N-methyl/N-ethyl adjacent to an activating group) is 1. The van der Waals surface area contributed by atoms with Crippen LogP contribution in [0.15, 0.2) is 12.2 Å². The average Bonchev–Trinajstić information content (AvgIpc) is 2.24. The van der Waals surface area contributed by atoms with E-state index in [9.17, 15) is 4.79 Å². The zero-order valence-corrected chi connectivity index (χ0v) is 8.17. The van der Waals surface area contributed by atoms with E-state index < -0.39 is 0 Å². The third kappa shape index (κ3) is 1.67. The standard InChI is InChI=1S/C10H15NO2/c1-11(2)7-10-4-3-9(13-10)5-8(12)6-10/h3-4,9H,5-7H2,1-2H3/p+1/t9-,10-/m1/s1. The molecular formula is C10H16NO2+. The number of carbonyl (C=O) groups is 1. The van der Waals surface area contributed by atoms with Gasteiger partial charge < -0.3 is 9.64 Å². The van der Waals surface area contributed by atoms with Crippen LogP contribution in [-0.4, -0.2) is 38.1 Å². The highest BCUT2D eigenvalue weighted by Crippen LogP contribution is 2.33. The summed E-state index contributed by atoms with van der Waals surface area (Å²) in [6, 6.07) is 0. The molecule has 0 aromatic heterocycles. The fourth-order valence-electron chi connectivity index (χ4n) is 2.26. The quantitative estimate of drug-likeness (QED) is 0.566. The van der Waals surface area contributed by atoms with Crippen molar-refractivity contribution in [1.82, 2.24) is 0 Å². The molecule has 2 aliphatic heterocycles. The molecule has 2 rings (SSSR count). The molecule has 3 nitrogen and oxygen atoms in total. The summed E-state index contributed by atoms with van der Waals surface area (Å²) < 4.78 is 5.81. The minimum Gasteiger partial charge on any atom is -0.357 e. The first kappa shape index (κ1) is 8.91. The van der Waals surface area contributed by atoms with Crippen molar-refractivity contribution >= 4 is 5.78 Å². The van der Waals surface area contributed by atoms with Gasteiger partial charge in [-0.25, -0.2) is 0 Å². The Hall–Kier alpha value is -0.670. The van der Waals surface area contributed by atoms with Gasteiger partial charge in [0.05, 0.1) is 20.2 Å². The zero-order chi connectivity index (χ0) is 9.47. The topological polar surface area (TPSA) is 30.7 Å². The normalized spacial score (nSPS) is 37.5. The van der Waals surface area contributed by atoms with Crippen LogP contribution in [0, 0.1) is 0 Å². The summed E-state index contributed by atoms with van der Waals surface area (Å²) in [6.07, 6.45) is 5.30. The molecule has 13 heavy (non-hydrogen) atoms. The van der Waals surface area contributed by atoms with E-state index in [1.165, 1.54) is 4.90 Å². The monoisotopic (exact) mass is 182 g/mol. The summed E-state index contributed by atoms with van der Waals surface area (Å²) in [5, 5.41) is 0. The van der Waals surface area contributed by atoms with Crippen molar-refractivity contribution in [1.29, 1.82) is 0 Å². The van der Waals surface area contributed by atoms with Gasteiger partial charge in [-0.05, 0) is 6.08 Å². The van der Waals surface area contributed by atoms with E-state index in [-0.39, 0.29) is 11.7 Å². The molecule has 2 aliphatic rings. The van der Waals surface area contributed by atoms with Crippen LogP contribution in [0.1, 0.15) is 12.8 Å². The van der Waals surface area contributed by atoms with E-state index in [1.54, 1.807) is 0 Å². The number of Topliss-reactive ketones (excluding diaryl/α,β-unsaturated/α-hetero) is 1. The maximum absolute atomic E-state index is 11.4. The van der Waals surface area contributed by atoms with Crippen molar-refractivity contribution in [2.24, 2.45) is 0 Å². The Morgan fingerprint density at radius 2 is 2.46 bits per heavy atom. The van der Waals surface area contributed by atoms with Crippen molar-refractivity contribution in [2.45, 2.75) is 24.5 Å². The first-order chi connectivity index (χ1) is 6.10. The molecule has 1 fully saturated rings. The summed E-state index contributed by atoms with van der Waals surface area (Å²) in [5.41, 5.74) is -0.279. The predicted octanol–water partition coefficient (Wildman–Crippen LogP) is -0.812. The Labute approximate surface area is 78.4 Å². The molecule has 1 N–H and O–H groups in total. The Kier molecular flexibility index (Phi) is 2.00. The van der Waals surface area contributed by atoms with Gasteiger partial charge in [0.1, 0.15) is 17.9 Å². The number of fused-ring (bicyclic) bond motifs is 2. The van der Waals surface area contributed by atoms with Crippen LogP contribution in [-0.2, 0) is 9.53 Å². The van der Waals surface area contributed by atoms with E-state index in [0.717, 1.165) is 6.54 Å². The summed E-state index contributed by atoms with van der Waals surface area (Å²) in [4.78, 5) is 12.7. The van der Waals surface area contributed by atoms with E-state index in [4.69, 9.17) is 4.74 Å². The second-order valence-corrected chi connectivity index (χ2v) is 4.38. The summed E-state index contributed by atoms with van der Waals surface area (Å²) >= 11 is 0. The summed E-state index contributed by atoms with van der Waals surface area (Å²) in [6.45, 7) is 0.881. The highest BCUT2D eigenvalue weighted by molar-refractivity contribution is 5.82. The Balaban J connectivity index is 2.13. The molecule has 1 saturated heterocycles. The van der Waals surface area contributed by atoms with Gasteiger partial charge in [-0.3, -0.25) is 4.79 Å². The smallest absolute Gasteiger partial charge is 0.143 e. The van der Waals surface area contributed by atoms with Gasteiger partial charge in [0.2, 0.25) is 0 Å². The first-order valence-corrected chi connectivity index (χ1v) is 4.78. The van der Waals surface area contributed by atoms with Crippen molar-refractivity contribution in [2.75, 3.05) is 20.6 Å². The lowest BCUT2D eigenvalue weighted by Crippen LogP contribution is -3.08. The SMILES string of the molecule is C[NH+](C)C[C@@]12C=C[C@H](CC(=O)C1)O2. The van der Waals surface area contributed by atoms with Gasteiger partial charge >= 0.3 is 0 Å². The zero-order valence-electron chi connectivity index (χ0n) is 8.17. The number of nitrogens with one attached hydrogen (secondary N) is 1. The van der Waals surface area contributed by atoms with Crippen LogP contribution < -0.4 is 4.90 Å². The van der Waals surface area contributed by atoms with Crippen LogP contribution in [0.2, 0.25) is 0 Å². The van der Waals surface area contributed by atoms with Crippen LogP contribution in [0.4, 0.5) is 0 Å². The molecule has 2 heterocycles. The van der Waals surface area contributed by atoms with Gasteiger partial charge in [-0.1, -0.05) is 6.08 Å². The summed E-state index contributed by atoms with van der Waals surface area (Å²) in [5.74, 6) is 0.336. The Bertz CT molecular complexity index is 260. The van der Waals surface area contributed by atoms with Gasteiger partial charge in [0.25, 0.3) is 0 Å². The Morgan fingerprint density at radius 1 is 1.69 bits per heavy atom. The molecule has 0 spiro atoms. The van der Waals surface area contributed by atoms with Gasteiger partial charge in [-0.2, -0.15) is 0 Å². The summed E-state index contributed by atoms with van der Waals surface area (Å²) in [7, 11) is 4.16. The fraction of sp³-hybridized carbons (Fsp3) is 0.700. The van der Waals surface area contributed by atoms with Gasteiger partial charge in [-0.15, -0.1) is 0 Å². The van der Waals surface area contributed by atoms with Crippen LogP contribution in [0.25, 0.3) is 0 Å². The molecule has 72 valence electrons. The van der Waals surface area contributed by atoms with E-state index >= 15 is 0 Å². The Morgan fingerprint density at radius 3 is 3.15 bits per heavy atom. The molecule has 2 bridgehead atoms. The lowest BCUT2D eigenvalue weighted by atomic mass is 9.94. The number of ether oxygens (including phenoxy) is 1. The highest BCUT2D eigenvalue weighted by Gasteiger charge is 2.44. The molecule has 0 aliphatic carbocycles. The third-order valence-electron chi connectivity index (χ3n) is 2.58. The average molecular weight is 182 g/mol. The minimum absolute atomic E-state index is 0.0561. The number of hydrogen-bond acceptors (Lipinski definition) is 2. The second-order valence-electron chi connectivity index (χ2n) is 4.38. The molecule has 0 unspecified atom stereocenters. The first-order valence-electron chi connectivity index (χ1n) is 4.78. The molecule has 3 heteroatoms. The third-order valence-corrected chi connectivity index (χ3v) is 2.58. The maximum atomic E-state index is 11.4. The largest absolute Gasteiger partial charge is 0.357 e. The maximum Gasteiger partial charge on any atom is 0.143 e. The lowest BCUT2D eigenvalue weighted by molar-refractivity contribution is -0.864. The second kappa shape index (κ2) is 2.93. The van der Waals surface area contributed by atoms with Crippen LogP contribution >= 0.6 is 0 Å². The van der Waals surface area contributed by atoms with Gasteiger partial charge in [0, 0.05) is 12.8 Å². The van der Waals surface area contributed by atoms with E-state index in [1.807, 2.05) is 6.08 Å². The fourth-order valence-corrected chi connectivity index (χ4v) is 2.26.